The molecule has 3 aromatic rings. The summed E-state index contributed by atoms with van der Waals surface area (Å²) in [5.41, 5.74) is 2.53. The van der Waals surface area contributed by atoms with Crippen LogP contribution in [0.25, 0.3) is 10.9 Å². The molecule has 1 atom stereocenters. The van der Waals surface area contributed by atoms with Crippen molar-refractivity contribution < 1.29 is 14.8 Å². The molecular formula is C18H17N3O4. The van der Waals surface area contributed by atoms with E-state index >= 15 is 0 Å². The molecule has 1 aromatic heterocycles. The van der Waals surface area contributed by atoms with Crippen molar-refractivity contribution in [3.8, 4) is 0 Å². The van der Waals surface area contributed by atoms with Crippen molar-refractivity contribution >= 4 is 22.6 Å². The van der Waals surface area contributed by atoms with Gasteiger partial charge in [0.05, 0.1) is 4.92 Å². The van der Waals surface area contributed by atoms with Crippen molar-refractivity contribution in [2.75, 3.05) is 0 Å². The fourth-order valence-electron chi connectivity index (χ4n) is 2.79. The molecule has 1 heterocycles. The number of H-pyrrole nitrogens is 1. The number of carboxylic acids is 1. The molecule has 0 fully saturated rings. The first-order valence-corrected chi connectivity index (χ1v) is 7.79. The molecular weight excluding hydrogens is 322 g/mol. The predicted molar refractivity (Wildman–Crippen MR) is 93.4 cm³/mol. The van der Waals surface area contributed by atoms with Crippen LogP contribution in [-0.2, 0) is 17.8 Å². The van der Waals surface area contributed by atoms with Crippen LogP contribution in [0.2, 0.25) is 0 Å². The number of aliphatic carboxylic acids is 1. The molecule has 2 aromatic carbocycles. The Labute approximate surface area is 143 Å². The SMILES string of the molecule is O=C(O)C(Cc1c[nH]c2ccccc12)NCc1cccc([N+](=O)[O-])c1. The van der Waals surface area contributed by atoms with Crippen LogP contribution in [0.4, 0.5) is 5.69 Å². The fraction of sp³-hybridized carbons (Fsp3) is 0.167. The molecule has 3 N–H and O–H groups in total. The molecule has 0 spiro atoms. The predicted octanol–water partition coefficient (Wildman–Crippen LogP) is 2.86. The average molecular weight is 339 g/mol. The number of nitrogens with zero attached hydrogens (tertiary/aromatic N) is 1. The summed E-state index contributed by atoms with van der Waals surface area (Å²) in [4.78, 5) is 25.1. The monoisotopic (exact) mass is 339 g/mol. The first-order chi connectivity index (χ1) is 12.0. The lowest BCUT2D eigenvalue weighted by Gasteiger charge is -2.14. The van der Waals surface area contributed by atoms with Crippen molar-refractivity contribution in [1.82, 2.24) is 10.3 Å². The van der Waals surface area contributed by atoms with E-state index in [9.17, 15) is 20.0 Å². The summed E-state index contributed by atoms with van der Waals surface area (Å²) in [7, 11) is 0. The van der Waals surface area contributed by atoms with Gasteiger partial charge in [-0.1, -0.05) is 30.3 Å². The maximum Gasteiger partial charge on any atom is 0.321 e. The maximum absolute atomic E-state index is 11.6. The first-order valence-electron chi connectivity index (χ1n) is 7.79. The third-order valence-electron chi connectivity index (χ3n) is 4.07. The van der Waals surface area contributed by atoms with Crippen LogP contribution in [0.15, 0.2) is 54.7 Å². The second-order valence-electron chi connectivity index (χ2n) is 5.76. The van der Waals surface area contributed by atoms with Crippen LogP contribution in [0.5, 0.6) is 0 Å². The Kier molecular flexibility index (Phi) is 4.76. The lowest BCUT2D eigenvalue weighted by atomic mass is 10.0. The zero-order chi connectivity index (χ0) is 17.8. The van der Waals surface area contributed by atoms with Gasteiger partial charge in [-0.05, 0) is 17.2 Å². The second kappa shape index (κ2) is 7.14. The molecule has 25 heavy (non-hydrogen) atoms. The zero-order valence-corrected chi connectivity index (χ0v) is 13.3. The van der Waals surface area contributed by atoms with Gasteiger partial charge >= 0.3 is 5.97 Å². The number of non-ortho nitro benzene ring substituents is 1. The Morgan fingerprint density at radius 2 is 2.04 bits per heavy atom. The number of nitro groups is 1. The molecule has 0 radical (unpaired) electrons. The molecule has 7 heteroatoms. The fourth-order valence-corrected chi connectivity index (χ4v) is 2.79. The summed E-state index contributed by atoms with van der Waals surface area (Å²) in [5.74, 6) is -0.962. The van der Waals surface area contributed by atoms with Gasteiger partial charge in [0.15, 0.2) is 0 Å². The maximum atomic E-state index is 11.6. The van der Waals surface area contributed by atoms with Gasteiger partial charge < -0.3 is 15.4 Å². The molecule has 3 rings (SSSR count). The molecule has 7 nitrogen and oxygen atoms in total. The van der Waals surface area contributed by atoms with Gasteiger partial charge in [0, 0.05) is 42.2 Å². The third-order valence-corrected chi connectivity index (χ3v) is 4.07. The van der Waals surface area contributed by atoms with E-state index in [0.29, 0.717) is 12.0 Å². The lowest BCUT2D eigenvalue weighted by molar-refractivity contribution is -0.384. The number of carboxylic acid groups (broad SMARTS) is 1. The van der Waals surface area contributed by atoms with E-state index in [-0.39, 0.29) is 12.2 Å². The Bertz CT molecular complexity index is 919. The Hall–Kier alpha value is -3.19. The van der Waals surface area contributed by atoms with E-state index in [1.165, 1.54) is 12.1 Å². The number of carbonyl (C=O) groups is 1. The number of nitrogens with one attached hydrogen (secondary N) is 2. The van der Waals surface area contributed by atoms with E-state index in [1.807, 2.05) is 30.5 Å². The van der Waals surface area contributed by atoms with Crippen LogP contribution in [0, 0.1) is 10.1 Å². The van der Waals surface area contributed by atoms with Crippen molar-refractivity contribution in [2.24, 2.45) is 0 Å². The van der Waals surface area contributed by atoms with Gasteiger partial charge in [-0.3, -0.25) is 14.9 Å². The number of nitro benzene ring substituents is 1. The molecule has 1 unspecified atom stereocenters. The van der Waals surface area contributed by atoms with E-state index < -0.39 is 16.9 Å². The topological polar surface area (TPSA) is 108 Å². The first kappa shape index (κ1) is 16.7. The molecule has 0 amide bonds. The van der Waals surface area contributed by atoms with Crippen molar-refractivity contribution in [2.45, 2.75) is 19.0 Å². The van der Waals surface area contributed by atoms with Crippen LogP contribution < -0.4 is 5.32 Å². The lowest BCUT2D eigenvalue weighted by Crippen LogP contribution is -2.38. The number of benzene rings is 2. The number of aromatic amines is 1. The molecule has 0 saturated carbocycles. The summed E-state index contributed by atoms with van der Waals surface area (Å²) in [6.07, 6.45) is 2.13. The summed E-state index contributed by atoms with van der Waals surface area (Å²) < 4.78 is 0. The Morgan fingerprint density at radius 3 is 2.80 bits per heavy atom. The van der Waals surface area contributed by atoms with Gasteiger partial charge in [0.2, 0.25) is 0 Å². The second-order valence-corrected chi connectivity index (χ2v) is 5.76. The Balaban J connectivity index is 1.73. The summed E-state index contributed by atoms with van der Waals surface area (Å²) in [6, 6.07) is 13.1. The minimum Gasteiger partial charge on any atom is -0.480 e. The molecule has 128 valence electrons. The molecule has 0 aliphatic heterocycles. The summed E-state index contributed by atoms with van der Waals surface area (Å²) >= 11 is 0. The number of hydrogen-bond donors (Lipinski definition) is 3. The number of fused-ring (bicyclic) bond motifs is 1. The molecule has 0 saturated heterocycles. The van der Waals surface area contributed by atoms with E-state index in [4.69, 9.17) is 0 Å². The van der Waals surface area contributed by atoms with Crippen LogP contribution >= 0.6 is 0 Å². The minimum atomic E-state index is -0.962. The van der Waals surface area contributed by atoms with Crippen LogP contribution in [-0.4, -0.2) is 27.0 Å². The van der Waals surface area contributed by atoms with Gasteiger partial charge in [0.1, 0.15) is 6.04 Å². The zero-order valence-electron chi connectivity index (χ0n) is 13.3. The standard InChI is InChI=1S/C18H17N3O4/c22-18(23)17(9-13-11-20-16-7-2-1-6-15(13)16)19-10-12-4-3-5-14(8-12)21(24)25/h1-8,11,17,19-20H,9-10H2,(H,22,23). The Morgan fingerprint density at radius 1 is 1.24 bits per heavy atom. The molecule has 0 aliphatic rings. The summed E-state index contributed by atoms with van der Waals surface area (Å²) in [5, 5.41) is 24.3. The number of hydrogen-bond acceptors (Lipinski definition) is 4. The minimum absolute atomic E-state index is 0.0113. The largest absolute Gasteiger partial charge is 0.480 e. The highest BCUT2D eigenvalue weighted by atomic mass is 16.6. The average Bonchev–Trinajstić information content (AvgIpc) is 3.01. The summed E-state index contributed by atoms with van der Waals surface area (Å²) in [6.45, 7) is 0.237. The molecule has 0 aliphatic carbocycles. The van der Waals surface area contributed by atoms with Gasteiger partial charge in [-0.25, -0.2) is 0 Å². The van der Waals surface area contributed by atoms with Gasteiger partial charge in [-0.2, -0.15) is 0 Å². The van der Waals surface area contributed by atoms with Crippen molar-refractivity contribution in [3.63, 3.8) is 0 Å². The normalized spacial score (nSPS) is 12.2. The van der Waals surface area contributed by atoms with Gasteiger partial charge in [-0.15, -0.1) is 0 Å². The van der Waals surface area contributed by atoms with Crippen LogP contribution in [0.1, 0.15) is 11.1 Å². The smallest absolute Gasteiger partial charge is 0.321 e. The van der Waals surface area contributed by atoms with E-state index in [0.717, 1.165) is 16.5 Å². The van der Waals surface area contributed by atoms with Crippen molar-refractivity contribution in [3.05, 3.63) is 76.0 Å². The highest BCUT2D eigenvalue weighted by Crippen LogP contribution is 2.19. The van der Waals surface area contributed by atoms with Crippen LogP contribution in [0.3, 0.4) is 0 Å². The van der Waals surface area contributed by atoms with Crippen molar-refractivity contribution in [1.29, 1.82) is 0 Å². The quantitative estimate of drug-likeness (QED) is 0.453. The van der Waals surface area contributed by atoms with E-state index in [2.05, 4.69) is 10.3 Å². The number of aromatic nitrogens is 1. The number of rotatable bonds is 7. The highest BCUT2D eigenvalue weighted by molar-refractivity contribution is 5.84. The number of para-hydroxylation sites is 1. The molecule has 0 bridgehead atoms. The highest BCUT2D eigenvalue weighted by Gasteiger charge is 2.19. The van der Waals surface area contributed by atoms with E-state index in [1.54, 1.807) is 12.1 Å². The third kappa shape index (κ3) is 3.84. The van der Waals surface area contributed by atoms with Gasteiger partial charge in [0.25, 0.3) is 5.69 Å².